The number of rotatable bonds is 0. The fraction of sp³-hybridized carbons (Fsp3) is 0. The Labute approximate surface area is 130 Å². The molecule has 18 nitrogen and oxygen atoms in total. The van der Waals surface area contributed by atoms with E-state index >= 15 is 0 Å². The molecule has 0 unspecified atom stereocenters. The topological polar surface area (TPSA) is 379 Å². The molecule has 0 aromatic carbocycles. The second kappa shape index (κ2) is 70.2. The van der Waals surface area contributed by atoms with E-state index in [2.05, 4.69) is 0 Å². The average molecular weight is 436 g/mol. The first-order valence-corrected chi connectivity index (χ1v) is 1.70. The maximum absolute atomic E-state index is 8.36. The molecular formula is H15LaN3O15+3. The first-order valence-electron chi connectivity index (χ1n) is 1.70. The second-order valence-electron chi connectivity index (χ2n) is 0.714. The smallest absolute Gasteiger partial charge is 0.412 e. The molecule has 0 aromatic rings. The molecule has 0 saturated heterocycles. The van der Waals surface area contributed by atoms with Crippen molar-refractivity contribution in [3.8, 4) is 0 Å². The molecule has 0 aliphatic rings. The molecule has 0 spiro atoms. The van der Waals surface area contributed by atoms with Crippen LogP contribution in [-0.2, 0) is 0 Å². The summed E-state index contributed by atoms with van der Waals surface area (Å²) in [5.74, 6) is 0. The summed E-state index contributed by atoms with van der Waals surface area (Å²) < 4.78 is 0. The van der Waals surface area contributed by atoms with Crippen molar-refractivity contribution in [2.24, 2.45) is 0 Å². The maximum Gasteiger partial charge on any atom is 3.00 e. The normalized spacial score (nSPS) is 3.79. The third kappa shape index (κ3) is 1680. The van der Waals surface area contributed by atoms with Crippen LogP contribution < -0.4 is 0 Å². The minimum Gasteiger partial charge on any atom is -0.412 e. The van der Waals surface area contributed by atoms with Crippen LogP contribution in [0, 0.1) is 65.9 Å². The van der Waals surface area contributed by atoms with E-state index in [4.69, 9.17) is 46.0 Å². The van der Waals surface area contributed by atoms with Crippen molar-refractivity contribution in [3.63, 3.8) is 0 Å². The first-order chi connectivity index (χ1) is 5.20. The Kier molecular flexibility index (Phi) is 311. The summed E-state index contributed by atoms with van der Waals surface area (Å²) >= 11 is 0. The van der Waals surface area contributed by atoms with Crippen molar-refractivity contribution in [2.75, 3.05) is 0 Å². The van der Waals surface area contributed by atoms with Crippen LogP contribution in [0.15, 0.2) is 0 Å². The van der Waals surface area contributed by atoms with E-state index < -0.39 is 15.3 Å². The van der Waals surface area contributed by atoms with Gasteiger partial charge in [0.25, 0.3) is 15.3 Å². The van der Waals surface area contributed by atoms with Gasteiger partial charge in [-0.3, -0.25) is 0 Å². The molecule has 19 heavy (non-hydrogen) atoms. The van der Waals surface area contributed by atoms with E-state index in [1.54, 1.807) is 0 Å². The van der Waals surface area contributed by atoms with Gasteiger partial charge in [-0.05, 0) is 0 Å². The van der Waals surface area contributed by atoms with Gasteiger partial charge >= 0.3 is 35.6 Å². The molecule has 0 fully saturated rings. The van der Waals surface area contributed by atoms with Crippen molar-refractivity contribution in [1.29, 1.82) is 0 Å². The molecule has 0 aromatic heterocycles. The molecule has 0 radical (unpaired) electrons. The SMILES string of the molecule is O.O.O.O.O.O.O=[N+]([O-])O.O=[N+]([O-])O.O=[N+]([O-])O.[La+3]. The Morgan fingerprint density at radius 2 is 0.526 bits per heavy atom. The number of hydrogen-bond donors (Lipinski definition) is 3. The molecule has 0 atom stereocenters. The number of nitrogens with zero attached hydrogens (tertiary/aromatic N) is 3. The van der Waals surface area contributed by atoms with Crippen LogP contribution in [0.2, 0.25) is 0 Å². The van der Waals surface area contributed by atoms with Gasteiger partial charge in [-0.25, -0.2) is 0 Å². The van der Waals surface area contributed by atoms with Crippen molar-refractivity contribution in [1.82, 2.24) is 0 Å². The fourth-order valence-electron chi connectivity index (χ4n) is 0. The van der Waals surface area contributed by atoms with Gasteiger partial charge in [-0.1, -0.05) is 0 Å². The number of hydrogen-bond acceptors (Lipinski definition) is 6. The van der Waals surface area contributed by atoms with E-state index in [1.165, 1.54) is 0 Å². The molecule has 19 heteroatoms. The Balaban J connectivity index is -0.00000000675. The summed E-state index contributed by atoms with van der Waals surface area (Å²) in [7, 11) is 0. The minimum atomic E-state index is -1.50. The van der Waals surface area contributed by atoms with E-state index in [0.717, 1.165) is 0 Å². The van der Waals surface area contributed by atoms with Crippen LogP contribution in [0.1, 0.15) is 0 Å². The largest absolute Gasteiger partial charge is 3.00 e. The van der Waals surface area contributed by atoms with E-state index in [0.29, 0.717) is 0 Å². The van der Waals surface area contributed by atoms with E-state index in [1.807, 2.05) is 0 Å². The van der Waals surface area contributed by atoms with Crippen molar-refractivity contribution >= 4 is 0 Å². The minimum absolute atomic E-state index is 0. The van der Waals surface area contributed by atoms with Crippen molar-refractivity contribution in [3.05, 3.63) is 30.3 Å². The predicted molar refractivity (Wildman–Crippen MR) is 48.0 cm³/mol. The third-order valence-corrected chi connectivity index (χ3v) is 0. The van der Waals surface area contributed by atoms with Crippen LogP contribution in [0.4, 0.5) is 0 Å². The molecule has 15 N–H and O–H groups in total. The molecule has 120 valence electrons. The third-order valence-electron chi connectivity index (χ3n) is 0. The zero-order valence-corrected chi connectivity index (χ0v) is 12.3. The van der Waals surface area contributed by atoms with Crippen LogP contribution in [0.5, 0.6) is 0 Å². The average Bonchev–Trinajstić information content (AvgIpc) is 1.54. The van der Waals surface area contributed by atoms with Gasteiger partial charge in [-0.15, -0.1) is 30.3 Å². The molecule has 0 bridgehead atoms. The second-order valence-corrected chi connectivity index (χ2v) is 0.714. The maximum atomic E-state index is 8.36. The Hall–Kier alpha value is -1.45. The van der Waals surface area contributed by atoms with Crippen molar-refractivity contribution < 1.29 is 99.3 Å². The van der Waals surface area contributed by atoms with Gasteiger partial charge in [-0.2, -0.15) is 0 Å². The summed E-state index contributed by atoms with van der Waals surface area (Å²) in [6, 6.07) is 0. The zero-order chi connectivity index (χ0) is 10.7. The summed E-state index contributed by atoms with van der Waals surface area (Å²) in [5, 5.41) is 40.9. The molecule has 0 amide bonds. The Morgan fingerprint density at radius 3 is 0.526 bits per heavy atom. The molecule has 0 aliphatic carbocycles. The van der Waals surface area contributed by atoms with Gasteiger partial charge in [0.1, 0.15) is 0 Å². The van der Waals surface area contributed by atoms with Gasteiger partial charge in [0, 0.05) is 0 Å². The summed E-state index contributed by atoms with van der Waals surface area (Å²) in [5.41, 5.74) is 0. The molecule has 0 rings (SSSR count). The van der Waals surface area contributed by atoms with E-state index in [-0.39, 0.29) is 68.5 Å². The fourth-order valence-corrected chi connectivity index (χ4v) is 0. The summed E-state index contributed by atoms with van der Waals surface area (Å²) in [6.07, 6.45) is 0. The van der Waals surface area contributed by atoms with Gasteiger partial charge in [0.05, 0.1) is 0 Å². The van der Waals surface area contributed by atoms with Crippen molar-refractivity contribution in [2.45, 2.75) is 0 Å². The summed E-state index contributed by atoms with van der Waals surface area (Å²) in [6.45, 7) is 0. The predicted octanol–water partition coefficient (Wildman–Crippen LogP) is -5.99. The monoisotopic (exact) mass is 436 g/mol. The van der Waals surface area contributed by atoms with E-state index in [9.17, 15) is 0 Å². The van der Waals surface area contributed by atoms with Crippen LogP contribution in [0.25, 0.3) is 0 Å². The molecule has 0 saturated carbocycles. The van der Waals surface area contributed by atoms with Crippen LogP contribution in [0.3, 0.4) is 0 Å². The molecular weight excluding hydrogens is 421 g/mol. The quantitative estimate of drug-likeness (QED) is 0.240. The molecule has 0 aliphatic heterocycles. The molecule has 0 heterocycles. The first kappa shape index (κ1) is 84.3. The van der Waals surface area contributed by atoms with Crippen LogP contribution >= 0.6 is 0 Å². The van der Waals surface area contributed by atoms with Crippen LogP contribution in [-0.4, -0.2) is 63.7 Å². The summed E-state index contributed by atoms with van der Waals surface area (Å²) in [4.78, 5) is 25.1. The van der Waals surface area contributed by atoms with Gasteiger partial charge < -0.3 is 48.5 Å². The van der Waals surface area contributed by atoms with Gasteiger partial charge in [0.15, 0.2) is 0 Å². The zero-order valence-electron chi connectivity index (χ0n) is 8.71. The standard InChI is InChI=1S/La.3HNO3.6H2O/c;3*2-1(3)4;;;;;;/h;3*(H,2,3,4);6*1H2/q+3;;;;;;;;;. The Bertz CT molecular complexity index is 115. The Morgan fingerprint density at radius 1 is 0.526 bits per heavy atom. The van der Waals surface area contributed by atoms with Gasteiger partial charge in [0.2, 0.25) is 0 Å².